The molecule has 0 aliphatic carbocycles. The van der Waals surface area contributed by atoms with Crippen LogP contribution in [0, 0.1) is 0 Å². The lowest BCUT2D eigenvalue weighted by molar-refractivity contribution is -0.115. The molecule has 0 heterocycles. The summed E-state index contributed by atoms with van der Waals surface area (Å²) in [4.78, 5) is 13.8. The maximum atomic E-state index is 12.1. The molecule has 0 bridgehead atoms. The Morgan fingerprint density at radius 1 is 0.682 bits per heavy atom. The second-order valence-electron chi connectivity index (χ2n) is 5.11. The van der Waals surface area contributed by atoms with Gasteiger partial charge in [-0.3, -0.25) is 9.69 Å². The average Bonchev–Trinajstić information content (AvgIpc) is 2.57. The maximum Gasteiger partial charge on any atom is 0.228 e. The molecule has 1 amide bonds. The number of anilines is 2. The molecule has 0 N–H and O–H groups in total. The molecule has 22 heavy (non-hydrogen) atoms. The molecular formula is C20H17NO. The summed E-state index contributed by atoms with van der Waals surface area (Å²) in [6, 6.07) is 27.9. The third kappa shape index (κ3) is 2.91. The summed E-state index contributed by atoms with van der Waals surface area (Å²) in [5.74, 6) is -0.00332. The molecule has 0 atom stereocenters. The number of hydrogen-bond donors (Lipinski definition) is 0. The summed E-state index contributed by atoms with van der Waals surface area (Å²) in [5, 5.41) is 0. The molecule has 2 heteroatoms. The Morgan fingerprint density at radius 3 is 1.86 bits per heavy atom. The smallest absolute Gasteiger partial charge is 0.228 e. The second kappa shape index (κ2) is 6.27. The predicted molar refractivity (Wildman–Crippen MR) is 91.1 cm³/mol. The van der Waals surface area contributed by atoms with Gasteiger partial charge < -0.3 is 0 Å². The fourth-order valence-electron chi connectivity index (χ4n) is 2.54. The van der Waals surface area contributed by atoms with Gasteiger partial charge in [0, 0.05) is 18.3 Å². The lowest BCUT2D eigenvalue weighted by Crippen LogP contribution is -2.22. The molecule has 108 valence electrons. The van der Waals surface area contributed by atoms with E-state index in [1.54, 1.807) is 11.8 Å². The predicted octanol–water partition coefficient (Wildman–Crippen LogP) is 5.04. The molecule has 0 unspecified atom stereocenters. The van der Waals surface area contributed by atoms with E-state index in [2.05, 4.69) is 18.2 Å². The first-order valence-corrected chi connectivity index (χ1v) is 7.27. The molecule has 0 radical (unpaired) electrons. The highest BCUT2D eigenvalue weighted by Gasteiger charge is 2.14. The van der Waals surface area contributed by atoms with Crippen LogP contribution in [0.1, 0.15) is 6.92 Å². The molecular weight excluding hydrogens is 270 g/mol. The van der Waals surface area contributed by atoms with Crippen LogP contribution in [-0.4, -0.2) is 5.91 Å². The Hall–Kier alpha value is -2.87. The summed E-state index contributed by atoms with van der Waals surface area (Å²) in [6.07, 6.45) is 0. The van der Waals surface area contributed by atoms with Crippen LogP contribution >= 0.6 is 0 Å². The van der Waals surface area contributed by atoms with Gasteiger partial charge in [0.15, 0.2) is 0 Å². The number of carbonyl (C=O) groups is 1. The fraction of sp³-hybridized carbons (Fsp3) is 0.0500. The van der Waals surface area contributed by atoms with E-state index in [1.807, 2.05) is 66.7 Å². The summed E-state index contributed by atoms with van der Waals surface area (Å²) in [6.45, 7) is 1.59. The van der Waals surface area contributed by atoms with Gasteiger partial charge in [0.25, 0.3) is 0 Å². The number of carbonyl (C=O) groups excluding carboxylic acids is 1. The minimum absolute atomic E-state index is 0.00332. The SMILES string of the molecule is CC(=O)N(c1ccccc1)c1cccc(-c2ccccc2)c1. The highest BCUT2D eigenvalue weighted by atomic mass is 16.2. The van der Waals surface area contributed by atoms with Crippen LogP contribution in [0.4, 0.5) is 11.4 Å². The van der Waals surface area contributed by atoms with E-state index < -0.39 is 0 Å². The van der Waals surface area contributed by atoms with Gasteiger partial charge in [0.2, 0.25) is 5.91 Å². The van der Waals surface area contributed by atoms with E-state index in [-0.39, 0.29) is 5.91 Å². The van der Waals surface area contributed by atoms with Crippen molar-refractivity contribution in [3.8, 4) is 11.1 Å². The molecule has 0 aromatic heterocycles. The number of nitrogens with zero attached hydrogens (tertiary/aromatic N) is 1. The van der Waals surface area contributed by atoms with Crippen molar-refractivity contribution in [3.05, 3.63) is 84.9 Å². The number of amides is 1. The summed E-state index contributed by atoms with van der Waals surface area (Å²) in [5.41, 5.74) is 3.99. The number of hydrogen-bond acceptors (Lipinski definition) is 1. The first-order valence-electron chi connectivity index (χ1n) is 7.27. The van der Waals surface area contributed by atoms with Crippen molar-refractivity contribution in [1.82, 2.24) is 0 Å². The molecule has 0 fully saturated rings. The van der Waals surface area contributed by atoms with Gasteiger partial charge >= 0.3 is 0 Å². The lowest BCUT2D eigenvalue weighted by atomic mass is 10.0. The fourth-order valence-corrected chi connectivity index (χ4v) is 2.54. The van der Waals surface area contributed by atoms with Gasteiger partial charge in [-0.25, -0.2) is 0 Å². The van der Waals surface area contributed by atoms with Crippen LogP contribution in [0.25, 0.3) is 11.1 Å². The molecule has 0 saturated heterocycles. The number of rotatable bonds is 3. The standard InChI is InChI=1S/C20H17NO/c1-16(22)21(19-12-6-3-7-13-19)20-14-8-11-18(15-20)17-9-4-2-5-10-17/h2-15H,1H3. The van der Waals surface area contributed by atoms with Crippen LogP contribution < -0.4 is 4.90 Å². The van der Waals surface area contributed by atoms with Gasteiger partial charge in [0.1, 0.15) is 0 Å². The molecule has 3 aromatic rings. The lowest BCUT2D eigenvalue weighted by Gasteiger charge is -2.22. The molecule has 0 aliphatic rings. The van der Waals surface area contributed by atoms with Crippen molar-refractivity contribution in [3.63, 3.8) is 0 Å². The molecule has 3 rings (SSSR count). The largest absolute Gasteiger partial charge is 0.281 e. The first-order chi connectivity index (χ1) is 10.8. The first kappa shape index (κ1) is 14.1. The minimum Gasteiger partial charge on any atom is -0.281 e. The van der Waals surface area contributed by atoms with Gasteiger partial charge in [-0.2, -0.15) is 0 Å². The maximum absolute atomic E-state index is 12.1. The van der Waals surface area contributed by atoms with Crippen LogP contribution in [-0.2, 0) is 4.79 Å². The van der Waals surface area contributed by atoms with Crippen molar-refractivity contribution < 1.29 is 4.79 Å². The third-order valence-electron chi connectivity index (χ3n) is 3.54. The normalized spacial score (nSPS) is 10.2. The van der Waals surface area contributed by atoms with Gasteiger partial charge in [0.05, 0.1) is 0 Å². The zero-order chi connectivity index (χ0) is 15.4. The summed E-state index contributed by atoms with van der Waals surface area (Å²) in [7, 11) is 0. The molecule has 0 saturated carbocycles. The van der Waals surface area contributed by atoms with Crippen molar-refractivity contribution >= 4 is 17.3 Å². The Morgan fingerprint density at radius 2 is 1.23 bits per heavy atom. The Labute approximate surface area is 130 Å². The Bertz CT molecular complexity index is 766. The van der Waals surface area contributed by atoms with E-state index >= 15 is 0 Å². The third-order valence-corrected chi connectivity index (χ3v) is 3.54. The van der Waals surface area contributed by atoms with Crippen molar-refractivity contribution in [2.24, 2.45) is 0 Å². The quantitative estimate of drug-likeness (QED) is 0.661. The Balaban J connectivity index is 2.05. The highest BCUT2D eigenvalue weighted by molar-refractivity contribution is 5.99. The summed E-state index contributed by atoms with van der Waals surface area (Å²) < 4.78 is 0. The molecule has 2 nitrogen and oxygen atoms in total. The molecule has 0 spiro atoms. The highest BCUT2D eigenvalue weighted by Crippen LogP contribution is 2.29. The summed E-state index contributed by atoms with van der Waals surface area (Å²) >= 11 is 0. The van der Waals surface area contributed by atoms with Crippen LogP contribution in [0.3, 0.4) is 0 Å². The topological polar surface area (TPSA) is 20.3 Å². The Kier molecular flexibility index (Phi) is 4.01. The van der Waals surface area contributed by atoms with Gasteiger partial charge in [-0.05, 0) is 35.4 Å². The zero-order valence-electron chi connectivity index (χ0n) is 12.4. The molecule has 0 aliphatic heterocycles. The van der Waals surface area contributed by atoms with Crippen LogP contribution in [0.15, 0.2) is 84.9 Å². The number of benzene rings is 3. The molecule has 3 aromatic carbocycles. The van der Waals surface area contributed by atoms with Crippen molar-refractivity contribution in [2.45, 2.75) is 6.92 Å². The van der Waals surface area contributed by atoms with E-state index in [4.69, 9.17) is 0 Å². The van der Waals surface area contributed by atoms with E-state index in [1.165, 1.54) is 0 Å². The van der Waals surface area contributed by atoms with Crippen LogP contribution in [0.5, 0.6) is 0 Å². The van der Waals surface area contributed by atoms with Crippen LogP contribution in [0.2, 0.25) is 0 Å². The number of para-hydroxylation sites is 1. The minimum atomic E-state index is -0.00332. The average molecular weight is 287 g/mol. The monoisotopic (exact) mass is 287 g/mol. The zero-order valence-corrected chi connectivity index (χ0v) is 12.4. The van der Waals surface area contributed by atoms with E-state index in [9.17, 15) is 4.79 Å². The van der Waals surface area contributed by atoms with Gasteiger partial charge in [-0.1, -0.05) is 60.7 Å². The van der Waals surface area contributed by atoms with E-state index in [0.717, 1.165) is 22.5 Å². The second-order valence-corrected chi connectivity index (χ2v) is 5.11. The van der Waals surface area contributed by atoms with E-state index in [0.29, 0.717) is 0 Å². The van der Waals surface area contributed by atoms with Crippen molar-refractivity contribution in [1.29, 1.82) is 0 Å². The van der Waals surface area contributed by atoms with Gasteiger partial charge in [-0.15, -0.1) is 0 Å². The van der Waals surface area contributed by atoms with Crippen molar-refractivity contribution in [2.75, 3.05) is 4.90 Å².